The highest BCUT2D eigenvalue weighted by Crippen LogP contribution is 2.37. The quantitative estimate of drug-likeness (QED) is 0.522. The predicted molar refractivity (Wildman–Crippen MR) is 125 cm³/mol. The van der Waals surface area contributed by atoms with Crippen molar-refractivity contribution < 1.29 is 19.1 Å². The van der Waals surface area contributed by atoms with Crippen molar-refractivity contribution >= 4 is 46.6 Å². The van der Waals surface area contributed by atoms with Gasteiger partial charge in [0.1, 0.15) is 10.6 Å². The van der Waals surface area contributed by atoms with Gasteiger partial charge in [0, 0.05) is 16.7 Å². The van der Waals surface area contributed by atoms with Crippen molar-refractivity contribution in [1.29, 1.82) is 0 Å². The first-order valence-electron chi connectivity index (χ1n) is 10.1. The number of benzene rings is 2. The summed E-state index contributed by atoms with van der Waals surface area (Å²) in [5, 5.41) is 0.376. The largest absolute Gasteiger partial charge is 0.466 e. The van der Waals surface area contributed by atoms with E-state index in [0.29, 0.717) is 26.6 Å². The van der Waals surface area contributed by atoms with Crippen LogP contribution in [0.3, 0.4) is 0 Å². The van der Waals surface area contributed by atoms with Crippen LogP contribution in [0.15, 0.2) is 70.0 Å². The molecule has 4 rings (SSSR count). The first-order chi connectivity index (χ1) is 16.0. The monoisotopic (exact) mass is 482 g/mol. The molecular formula is C24H19ClN2O5S. The highest BCUT2D eigenvalue weighted by atomic mass is 35.5. The Morgan fingerprint density at radius 3 is 2.52 bits per heavy atom. The fourth-order valence-corrected chi connectivity index (χ4v) is 4.80. The summed E-state index contributed by atoms with van der Waals surface area (Å²) in [7, 11) is 1.23. The van der Waals surface area contributed by atoms with Crippen molar-refractivity contribution in [3.05, 3.63) is 96.0 Å². The second-order valence-corrected chi connectivity index (χ2v) is 8.39. The molecule has 33 heavy (non-hydrogen) atoms. The third-order valence-corrected chi connectivity index (χ3v) is 6.35. The fourth-order valence-electron chi connectivity index (χ4n) is 3.60. The third kappa shape index (κ3) is 4.27. The zero-order chi connectivity index (χ0) is 23.5. The molecule has 7 nitrogen and oxygen atoms in total. The van der Waals surface area contributed by atoms with Crippen LogP contribution in [-0.4, -0.2) is 30.2 Å². The van der Waals surface area contributed by atoms with Gasteiger partial charge in [-0.3, -0.25) is 9.36 Å². The molecule has 0 amide bonds. The molecule has 3 aromatic rings. The first-order valence-corrected chi connectivity index (χ1v) is 11.3. The summed E-state index contributed by atoms with van der Waals surface area (Å²) in [5.41, 5.74) is 1.31. The SMILES string of the molecule is CCOC(=O)C1=C(c2ccccc2)N=c2s/c(=C\C(=O)OC)c(=O)n2[C@H]1c1ccccc1Cl. The van der Waals surface area contributed by atoms with Crippen molar-refractivity contribution in [2.75, 3.05) is 13.7 Å². The Labute approximate surface area is 197 Å². The van der Waals surface area contributed by atoms with Crippen LogP contribution >= 0.6 is 22.9 Å². The molecule has 1 atom stereocenters. The summed E-state index contributed by atoms with van der Waals surface area (Å²) >= 11 is 7.57. The summed E-state index contributed by atoms with van der Waals surface area (Å²) in [6.07, 6.45) is 1.11. The molecule has 0 N–H and O–H groups in total. The number of esters is 2. The number of rotatable bonds is 5. The van der Waals surface area contributed by atoms with E-state index in [1.807, 2.05) is 30.3 Å². The molecule has 1 aromatic heterocycles. The summed E-state index contributed by atoms with van der Waals surface area (Å²) < 4.78 is 11.6. The number of carbonyl (C=O) groups excluding carboxylic acids is 2. The number of ether oxygens (including phenoxy) is 2. The third-order valence-electron chi connectivity index (χ3n) is 5.02. The lowest BCUT2D eigenvalue weighted by Crippen LogP contribution is -2.40. The van der Waals surface area contributed by atoms with E-state index >= 15 is 0 Å². The molecule has 2 heterocycles. The average molecular weight is 483 g/mol. The molecule has 1 aliphatic heterocycles. The molecule has 168 valence electrons. The van der Waals surface area contributed by atoms with E-state index in [1.165, 1.54) is 11.7 Å². The standard InChI is InChI=1S/C24H19ClN2O5S/c1-3-32-23(30)19-20(14-9-5-4-6-10-14)26-24-27(21(19)15-11-7-8-12-16(15)25)22(29)17(33-24)13-18(28)31-2/h4-13,21H,3H2,1-2H3/b17-13-/t21-/m0/s1. The van der Waals surface area contributed by atoms with Crippen LogP contribution in [-0.2, 0) is 19.1 Å². The van der Waals surface area contributed by atoms with E-state index < -0.39 is 23.5 Å². The maximum Gasteiger partial charge on any atom is 0.338 e. The minimum Gasteiger partial charge on any atom is -0.466 e. The molecule has 0 fully saturated rings. The maximum absolute atomic E-state index is 13.4. The van der Waals surface area contributed by atoms with Crippen molar-refractivity contribution in [2.24, 2.45) is 4.99 Å². The molecular weight excluding hydrogens is 464 g/mol. The number of methoxy groups -OCH3 is 1. The smallest absolute Gasteiger partial charge is 0.338 e. The fraction of sp³-hybridized carbons (Fsp3) is 0.167. The van der Waals surface area contributed by atoms with Crippen LogP contribution in [0, 0.1) is 0 Å². The van der Waals surface area contributed by atoms with Crippen LogP contribution in [0.5, 0.6) is 0 Å². The number of carbonyl (C=O) groups is 2. The van der Waals surface area contributed by atoms with Gasteiger partial charge >= 0.3 is 11.9 Å². The summed E-state index contributed by atoms with van der Waals surface area (Å²) in [4.78, 5) is 43.5. The van der Waals surface area contributed by atoms with E-state index in [9.17, 15) is 14.4 Å². The number of nitrogens with zero attached hydrogens (tertiary/aromatic N) is 2. The van der Waals surface area contributed by atoms with Gasteiger partial charge in [0.25, 0.3) is 5.56 Å². The van der Waals surface area contributed by atoms with E-state index in [1.54, 1.807) is 31.2 Å². The molecule has 0 saturated carbocycles. The molecule has 2 aromatic carbocycles. The van der Waals surface area contributed by atoms with Gasteiger partial charge in [0.15, 0.2) is 4.80 Å². The van der Waals surface area contributed by atoms with Gasteiger partial charge in [-0.05, 0) is 18.6 Å². The Hall–Kier alpha value is -3.49. The lowest BCUT2D eigenvalue weighted by molar-refractivity contribution is -0.139. The molecule has 1 aliphatic rings. The number of halogens is 1. The Balaban J connectivity index is 2.12. The molecule has 0 spiro atoms. The molecule has 9 heteroatoms. The van der Waals surface area contributed by atoms with Crippen LogP contribution in [0.2, 0.25) is 5.02 Å². The topological polar surface area (TPSA) is 87.0 Å². The van der Waals surface area contributed by atoms with Gasteiger partial charge in [-0.25, -0.2) is 14.6 Å². The highest BCUT2D eigenvalue weighted by Gasteiger charge is 2.36. The molecule has 0 saturated heterocycles. The van der Waals surface area contributed by atoms with Crippen molar-refractivity contribution in [3.8, 4) is 0 Å². The second kappa shape index (κ2) is 9.56. The number of hydrogen-bond acceptors (Lipinski definition) is 7. The van der Waals surface area contributed by atoms with Gasteiger partial charge < -0.3 is 9.47 Å². The lowest BCUT2D eigenvalue weighted by Gasteiger charge is -2.26. The Kier molecular flexibility index (Phi) is 6.57. The van der Waals surface area contributed by atoms with Crippen LogP contribution in [0.4, 0.5) is 0 Å². The molecule has 0 radical (unpaired) electrons. The zero-order valence-corrected chi connectivity index (χ0v) is 19.4. The van der Waals surface area contributed by atoms with Crippen LogP contribution in [0.25, 0.3) is 11.8 Å². The van der Waals surface area contributed by atoms with Gasteiger partial charge in [0.05, 0.1) is 25.0 Å². The van der Waals surface area contributed by atoms with Gasteiger partial charge in [-0.2, -0.15) is 0 Å². The number of thiazole rings is 1. The molecule has 0 aliphatic carbocycles. The summed E-state index contributed by atoms with van der Waals surface area (Å²) in [5.74, 6) is -1.27. The minimum absolute atomic E-state index is 0.134. The number of fused-ring (bicyclic) bond motifs is 1. The molecule has 0 bridgehead atoms. The average Bonchev–Trinajstić information content (AvgIpc) is 3.13. The van der Waals surface area contributed by atoms with Crippen LogP contribution < -0.4 is 14.9 Å². The zero-order valence-electron chi connectivity index (χ0n) is 17.8. The first kappa shape index (κ1) is 22.7. The summed E-state index contributed by atoms with van der Waals surface area (Å²) in [6.45, 7) is 1.85. The van der Waals surface area contributed by atoms with Crippen molar-refractivity contribution in [2.45, 2.75) is 13.0 Å². The minimum atomic E-state index is -0.899. The van der Waals surface area contributed by atoms with E-state index in [0.717, 1.165) is 17.4 Å². The summed E-state index contributed by atoms with van der Waals surface area (Å²) in [6, 6.07) is 15.2. The number of hydrogen-bond donors (Lipinski definition) is 0. The van der Waals surface area contributed by atoms with Gasteiger partial charge in [-0.15, -0.1) is 0 Å². The van der Waals surface area contributed by atoms with Crippen LogP contribution in [0.1, 0.15) is 24.1 Å². The predicted octanol–water partition coefficient (Wildman–Crippen LogP) is 2.71. The number of aromatic nitrogens is 1. The van der Waals surface area contributed by atoms with Gasteiger partial charge in [0.2, 0.25) is 0 Å². The van der Waals surface area contributed by atoms with Crippen molar-refractivity contribution in [3.63, 3.8) is 0 Å². The van der Waals surface area contributed by atoms with E-state index in [2.05, 4.69) is 9.73 Å². The highest BCUT2D eigenvalue weighted by molar-refractivity contribution is 7.07. The Bertz CT molecular complexity index is 1440. The lowest BCUT2D eigenvalue weighted by atomic mass is 9.93. The maximum atomic E-state index is 13.4. The normalized spacial score (nSPS) is 15.6. The van der Waals surface area contributed by atoms with E-state index in [4.69, 9.17) is 16.3 Å². The van der Waals surface area contributed by atoms with Crippen molar-refractivity contribution in [1.82, 2.24) is 4.57 Å². The second-order valence-electron chi connectivity index (χ2n) is 6.98. The Morgan fingerprint density at radius 1 is 1.15 bits per heavy atom. The van der Waals surface area contributed by atoms with E-state index in [-0.39, 0.29) is 16.7 Å². The van der Waals surface area contributed by atoms with Gasteiger partial charge in [-0.1, -0.05) is 71.5 Å². The molecule has 0 unspecified atom stereocenters. The Morgan fingerprint density at radius 2 is 1.85 bits per heavy atom.